The molecule has 1 unspecified atom stereocenters. The van der Waals surface area contributed by atoms with E-state index in [9.17, 15) is 18.3 Å². The maximum absolute atomic E-state index is 12.6. The minimum Gasteiger partial charge on any atom is -0.383 e. The molecular weight excluding hydrogens is 371 g/mol. The molecule has 0 saturated carbocycles. The van der Waals surface area contributed by atoms with Crippen LogP contribution in [0, 0.1) is 0 Å². The number of rotatable bonds is 7. The molecule has 1 heterocycles. The van der Waals surface area contributed by atoms with Crippen molar-refractivity contribution in [2.45, 2.75) is 32.0 Å². The highest BCUT2D eigenvalue weighted by molar-refractivity contribution is 5.79. The van der Waals surface area contributed by atoms with Gasteiger partial charge in [-0.15, -0.1) is 0 Å². The third-order valence-corrected chi connectivity index (χ3v) is 4.20. The Labute approximate surface area is 162 Å². The summed E-state index contributed by atoms with van der Waals surface area (Å²) in [6.45, 7) is 4.85. The smallest absolute Gasteiger partial charge is 0.383 e. The molecule has 0 aliphatic rings. The summed E-state index contributed by atoms with van der Waals surface area (Å²) >= 11 is 0. The summed E-state index contributed by atoms with van der Waals surface area (Å²) in [5, 5.41) is 20.9. The molecule has 6 nitrogen and oxygen atoms in total. The van der Waals surface area contributed by atoms with E-state index in [0.29, 0.717) is 31.0 Å². The van der Waals surface area contributed by atoms with Crippen molar-refractivity contribution in [2.24, 2.45) is 12.0 Å². The van der Waals surface area contributed by atoms with Gasteiger partial charge >= 0.3 is 6.18 Å². The maximum atomic E-state index is 12.6. The van der Waals surface area contributed by atoms with Gasteiger partial charge in [0.1, 0.15) is 5.60 Å². The van der Waals surface area contributed by atoms with Crippen molar-refractivity contribution in [1.29, 1.82) is 0 Å². The second-order valence-electron chi connectivity index (χ2n) is 6.74. The number of benzene rings is 1. The monoisotopic (exact) mass is 397 g/mol. The van der Waals surface area contributed by atoms with E-state index in [2.05, 4.69) is 20.7 Å². The highest BCUT2D eigenvalue weighted by atomic mass is 19.4. The number of alkyl halides is 3. The average Bonchev–Trinajstić information content (AvgIpc) is 3.07. The van der Waals surface area contributed by atoms with E-state index in [-0.39, 0.29) is 6.54 Å². The van der Waals surface area contributed by atoms with Gasteiger partial charge in [-0.3, -0.25) is 4.68 Å². The molecule has 0 spiro atoms. The molecule has 0 aliphatic heterocycles. The topological polar surface area (TPSA) is 74.5 Å². The predicted molar refractivity (Wildman–Crippen MR) is 102 cm³/mol. The maximum Gasteiger partial charge on any atom is 0.416 e. The van der Waals surface area contributed by atoms with Crippen LogP contribution in [-0.2, 0) is 25.2 Å². The number of hydrogen-bond donors (Lipinski definition) is 3. The van der Waals surface area contributed by atoms with Crippen LogP contribution >= 0.6 is 0 Å². The van der Waals surface area contributed by atoms with Crippen molar-refractivity contribution in [3.8, 4) is 0 Å². The normalized spacial score (nSPS) is 14.6. The summed E-state index contributed by atoms with van der Waals surface area (Å²) in [6, 6.07) is 5.11. The Morgan fingerprint density at radius 2 is 1.86 bits per heavy atom. The number of nitrogens with zero attached hydrogens (tertiary/aromatic N) is 3. The Bertz CT molecular complexity index is 782. The minimum absolute atomic E-state index is 0.133. The fourth-order valence-electron chi connectivity index (χ4n) is 2.55. The van der Waals surface area contributed by atoms with Gasteiger partial charge in [0.05, 0.1) is 18.3 Å². The van der Waals surface area contributed by atoms with E-state index in [1.165, 1.54) is 12.1 Å². The molecule has 9 heteroatoms. The molecule has 1 aromatic heterocycles. The quantitative estimate of drug-likeness (QED) is 0.496. The Kier molecular flexibility index (Phi) is 7.06. The van der Waals surface area contributed by atoms with E-state index < -0.39 is 17.3 Å². The first-order chi connectivity index (χ1) is 13.1. The molecule has 1 atom stereocenters. The number of aliphatic imine (C=N–C) groups is 1. The number of guanidine groups is 1. The number of aliphatic hydroxyl groups is 1. The van der Waals surface area contributed by atoms with E-state index in [1.54, 1.807) is 31.0 Å². The summed E-state index contributed by atoms with van der Waals surface area (Å²) in [5.74, 6) is 0.526. The molecule has 0 fully saturated rings. The van der Waals surface area contributed by atoms with Crippen molar-refractivity contribution < 1.29 is 18.3 Å². The van der Waals surface area contributed by atoms with E-state index >= 15 is 0 Å². The zero-order chi connectivity index (χ0) is 20.8. The van der Waals surface area contributed by atoms with Gasteiger partial charge in [0.15, 0.2) is 5.96 Å². The lowest BCUT2D eigenvalue weighted by Gasteiger charge is -2.20. The van der Waals surface area contributed by atoms with Gasteiger partial charge in [-0.2, -0.15) is 18.3 Å². The van der Waals surface area contributed by atoms with Crippen molar-refractivity contribution in [3.05, 3.63) is 53.3 Å². The van der Waals surface area contributed by atoms with E-state index in [1.807, 2.05) is 6.92 Å². The Hall–Kier alpha value is -2.55. The second kappa shape index (κ2) is 9.09. The van der Waals surface area contributed by atoms with Gasteiger partial charge in [-0.1, -0.05) is 12.1 Å². The lowest BCUT2D eigenvalue weighted by atomic mass is 10.0. The van der Waals surface area contributed by atoms with Crippen LogP contribution in [0.3, 0.4) is 0 Å². The molecule has 0 amide bonds. The standard InChI is InChI=1S/C19H26F3N5O/c1-4-23-17(25-13-18(2,28)16-11-26-27(3)12-16)24-10-9-14-5-7-15(8-6-14)19(20,21)22/h5-8,11-12,28H,4,9-10,13H2,1-3H3,(H2,23,24,25). The molecule has 2 aromatic rings. The lowest BCUT2D eigenvalue weighted by molar-refractivity contribution is -0.137. The van der Waals surface area contributed by atoms with Gasteiger partial charge in [0.2, 0.25) is 0 Å². The number of hydrogen-bond acceptors (Lipinski definition) is 3. The molecule has 0 radical (unpaired) electrons. The van der Waals surface area contributed by atoms with Crippen molar-refractivity contribution in [3.63, 3.8) is 0 Å². The SMILES string of the molecule is CCNC(=NCC(C)(O)c1cnn(C)c1)NCCc1ccc(C(F)(F)F)cc1. The minimum atomic E-state index is -4.33. The van der Waals surface area contributed by atoms with Gasteiger partial charge in [-0.05, 0) is 38.0 Å². The molecule has 0 aliphatic carbocycles. The van der Waals surface area contributed by atoms with Crippen LogP contribution in [0.4, 0.5) is 13.2 Å². The molecular formula is C19H26F3N5O. The van der Waals surface area contributed by atoms with Crippen molar-refractivity contribution in [1.82, 2.24) is 20.4 Å². The van der Waals surface area contributed by atoms with Crippen molar-refractivity contribution >= 4 is 5.96 Å². The zero-order valence-electron chi connectivity index (χ0n) is 16.2. The van der Waals surface area contributed by atoms with Crippen LogP contribution in [-0.4, -0.2) is 40.5 Å². The van der Waals surface area contributed by atoms with Crippen LogP contribution in [0.2, 0.25) is 0 Å². The van der Waals surface area contributed by atoms with Crippen LogP contribution in [0.5, 0.6) is 0 Å². The fraction of sp³-hybridized carbons (Fsp3) is 0.474. The molecule has 2 rings (SSSR count). The second-order valence-corrected chi connectivity index (χ2v) is 6.74. The molecule has 0 bridgehead atoms. The van der Waals surface area contributed by atoms with Crippen LogP contribution in [0.1, 0.15) is 30.5 Å². The summed E-state index contributed by atoms with van der Waals surface area (Å²) in [5.41, 5.74) is -0.362. The highest BCUT2D eigenvalue weighted by Crippen LogP contribution is 2.29. The van der Waals surface area contributed by atoms with Gasteiger partial charge in [-0.25, -0.2) is 4.99 Å². The van der Waals surface area contributed by atoms with Crippen LogP contribution in [0.15, 0.2) is 41.7 Å². The summed E-state index contributed by atoms with van der Waals surface area (Å²) in [6.07, 6.45) is -0.449. The predicted octanol–water partition coefficient (Wildman–Crippen LogP) is 2.44. The third kappa shape index (κ3) is 6.26. The lowest BCUT2D eigenvalue weighted by Crippen LogP contribution is -2.39. The summed E-state index contributed by atoms with van der Waals surface area (Å²) < 4.78 is 39.4. The first-order valence-electron chi connectivity index (χ1n) is 9.01. The summed E-state index contributed by atoms with van der Waals surface area (Å²) in [7, 11) is 1.77. The largest absolute Gasteiger partial charge is 0.416 e. The average molecular weight is 397 g/mol. The fourth-order valence-corrected chi connectivity index (χ4v) is 2.55. The zero-order valence-corrected chi connectivity index (χ0v) is 16.2. The molecule has 28 heavy (non-hydrogen) atoms. The van der Waals surface area contributed by atoms with E-state index in [0.717, 1.165) is 17.7 Å². The molecule has 0 saturated heterocycles. The number of nitrogens with one attached hydrogen (secondary N) is 2. The number of aryl methyl sites for hydroxylation is 1. The Morgan fingerprint density at radius 3 is 2.39 bits per heavy atom. The van der Waals surface area contributed by atoms with Gasteiger partial charge in [0, 0.05) is 31.9 Å². The molecule has 154 valence electrons. The number of halogens is 3. The Balaban J connectivity index is 1.92. The highest BCUT2D eigenvalue weighted by Gasteiger charge is 2.29. The first-order valence-corrected chi connectivity index (χ1v) is 9.01. The van der Waals surface area contributed by atoms with Gasteiger partial charge < -0.3 is 15.7 Å². The third-order valence-electron chi connectivity index (χ3n) is 4.20. The van der Waals surface area contributed by atoms with Crippen molar-refractivity contribution in [2.75, 3.05) is 19.6 Å². The summed E-state index contributed by atoms with van der Waals surface area (Å²) in [4.78, 5) is 4.41. The number of aromatic nitrogens is 2. The van der Waals surface area contributed by atoms with Gasteiger partial charge in [0.25, 0.3) is 0 Å². The van der Waals surface area contributed by atoms with Crippen LogP contribution in [0.25, 0.3) is 0 Å². The van der Waals surface area contributed by atoms with E-state index in [4.69, 9.17) is 0 Å². The molecule has 3 N–H and O–H groups in total. The first kappa shape index (κ1) is 21.7. The molecule has 1 aromatic carbocycles. The Morgan fingerprint density at radius 1 is 1.18 bits per heavy atom. The van der Waals surface area contributed by atoms with Crippen LogP contribution < -0.4 is 10.6 Å².